The summed E-state index contributed by atoms with van der Waals surface area (Å²) < 4.78 is 7.04. The van der Waals surface area contributed by atoms with Gasteiger partial charge in [-0.15, -0.1) is 0 Å². The molecule has 2 aromatic heterocycles. The summed E-state index contributed by atoms with van der Waals surface area (Å²) in [5.74, 6) is 0.536. The summed E-state index contributed by atoms with van der Waals surface area (Å²) in [6, 6.07) is 2.93. The molecule has 1 fully saturated rings. The summed E-state index contributed by atoms with van der Waals surface area (Å²) in [6.45, 7) is 8.74. The number of hydrogen-bond donors (Lipinski definition) is 1. The molecule has 2 aliphatic heterocycles. The van der Waals surface area contributed by atoms with Crippen LogP contribution in [0, 0.1) is 6.92 Å². The molecule has 1 atom stereocenters. The minimum atomic E-state index is -0.765. The predicted octanol–water partition coefficient (Wildman–Crippen LogP) is 2.50. The van der Waals surface area contributed by atoms with Gasteiger partial charge in [-0.3, -0.25) is 14.3 Å². The average Bonchev–Trinajstić information content (AvgIpc) is 3.32. The lowest BCUT2D eigenvalue weighted by Crippen LogP contribution is -2.54. The minimum absolute atomic E-state index is 0.0455. The van der Waals surface area contributed by atoms with E-state index in [2.05, 4.69) is 15.3 Å². The molecule has 10 nitrogen and oxygen atoms in total. The van der Waals surface area contributed by atoms with Crippen molar-refractivity contribution < 1.29 is 19.1 Å². The van der Waals surface area contributed by atoms with Gasteiger partial charge in [-0.25, -0.2) is 14.6 Å². The number of rotatable bonds is 5. The van der Waals surface area contributed by atoms with Crippen LogP contribution in [-0.4, -0.2) is 73.1 Å². The highest BCUT2D eigenvalue weighted by Gasteiger charge is 2.37. The van der Waals surface area contributed by atoms with Crippen molar-refractivity contribution in [2.75, 3.05) is 13.1 Å². The second-order valence-electron chi connectivity index (χ2n) is 9.86. The Morgan fingerprint density at radius 1 is 1.24 bits per heavy atom. The van der Waals surface area contributed by atoms with Gasteiger partial charge in [0, 0.05) is 37.9 Å². The first-order valence-electron chi connectivity index (χ1n) is 11.6. The molecule has 10 heteroatoms. The summed E-state index contributed by atoms with van der Waals surface area (Å²) in [5, 5.41) is 2.75. The molecule has 0 aliphatic carbocycles. The molecule has 0 aromatic carbocycles. The van der Waals surface area contributed by atoms with Gasteiger partial charge in [-0.2, -0.15) is 0 Å². The Morgan fingerprint density at radius 2 is 1.97 bits per heavy atom. The van der Waals surface area contributed by atoms with Gasteiger partial charge in [0.1, 0.15) is 17.5 Å². The van der Waals surface area contributed by atoms with E-state index in [1.165, 1.54) is 0 Å². The number of carbonyl (C=O) groups excluding carboxylic acids is 3. The molecule has 2 aliphatic rings. The fourth-order valence-corrected chi connectivity index (χ4v) is 4.54. The molecule has 4 heterocycles. The van der Waals surface area contributed by atoms with E-state index in [1.807, 2.05) is 17.9 Å². The lowest BCUT2D eigenvalue weighted by atomic mass is 10.0. The standard InChI is InChI=1S/C24H32N6O4/c1-16-26-14-19-15-29(23(33)30(16)19)18-7-10-28(11-8-18)21(31)20(12-17-6-5-9-25-13-17)27-22(32)34-24(2,3)4/h5-6,9,13-14,18,20H,7-8,10-12,15H2,1-4H3,(H,27,32)/t20-/m1/s1. The summed E-state index contributed by atoms with van der Waals surface area (Å²) in [4.78, 5) is 50.7. The van der Waals surface area contributed by atoms with E-state index in [0.717, 1.165) is 11.3 Å². The van der Waals surface area contributed by atoms with Gasteiger partial charge in [0.25, 0.3) is 0 Å². The smallest absolute Gasteiger partial charge is 0.408 e. The van der Waals surface area contributed by atoms with Crippen LogP contribution in [0.1, 0.15) is 50.7 Å². The molecule has 1 N–H and O–H groups in total. The number of fused-ring (bicyclic) bond motifs is 1. The number of carbonyl (C=O) groups is 3. The lowest BCUT2D eigenvalue weighted by Gasteiger charge is -2.37. The van der Waals surface area contributed by atoms with Crippen molar-refractivity contribution in [2.45, 2.75) is 71.2 Å². The third-order valence-electron chi connectivity index (χ3n) is 6.15. The monoisotopic (exact) mass is 468 g/mol. The van der Waals surface area contributed by atoms with Gasteiger partial charge in [-0.05, 0) is 52.2 Å². The first-order chi connectivity index (χ1) is 16.1. The highest BCUT2D eigenvalue weighted by atomic mass is 16.6. The minimum Gasteiger partial charge on any atom is -0.444 e. The van der Waals surface area contributed by atoms with Crippen molar-refractivity contribution in [3.8, 4) is 0 Å². The lowest BCUT2D eigenvalue weighted by molar-refractivity contribution is -0.134. The Kier molecular flexibility index (Phi) is 6.58. The number of nitrogens with one attached hydrogen (secondary N) is 1. The number of nitrogens with zero attached hydrogens (tertiary/aromatic N) is 5. The number of aromatic nitrogens is 3. The van der Waals surface area contributed by atoms with Gasteiger partial charge >= 0.3 is 12.1 Å². The van der Waals surface area contributed by atoms with Crippen LogP contribution >= 0.6 is 0 Å². The van der Waals surface area contributed by atoms with E-state index in [0.29, 0.717) is 44.7 Å². The first kappa shape index (κ1) is 23.7. The largest absolute Gasteiger partial charge is 0.444 e. The number of alkyl carbamates (subject to hydrolysis) is 1. The molecule has 182 valence electrons. The zero-order valence-corrected chi connectivity index (χ0v) is 20.2. The van der Waals surface area contributed by atoms with Crippen molar-refractivity contribution in [1.29, 1.82) is 0 Å². The summed E-state index contributed by atoms with van der Waals surface area (Å²) in [6.07, 6.45) is 6.16. The van der Waals surface area contributed by atoms with E-state index in [-0.39, 0.29) is 18.0 Å². The fourth-order valence-electron chi connectivity index (χ4n) is 4.54. The molecule has 0 unspecified atom stereocenters. The first-order valence-corrected chi connectivity index (χ1v) is 11.6. The maximum absolute atomic E-state index is 13.4. The zero-order valence-electron chi connectivity index (χ0n) is 20.2. The van der Waals surface area contributed by atoms with Gasteiger partial charge in [-0.1, -0.05) is 6.07 Å². The van der Waals surface area contributed by atoms with E-state index in [4.69, 9.17) is 4.74 Å². The highest BCUT2D eigenvalue weighted by Crippen LogP contribution is 2.26. The Labute approximate surface area is 199 Å². The second-order valence-corrected chi connectivity index (χ2v) is 9.86. The van der Waals surface area contributed by atoms with Gasteiger partial charge in [0.2, 0.25) is 5.91 Å². The number of hydrogen-bond acceptors (Lipinski definition) is 6. The highest BCUT2D eigenvalue weighted by molar-refractivity contribution is 5.86. The molecule has 0 spiro atoms. The molecule has 0 radical (unpaired) electrons. The quantitative estimate of drug-likeness (QED) is 0.722. The third-order valence-corrected chi connectivity index (χ3v) is 6.15. The molecule has 3 amide bonds. The predicted molar refractivity (Wildman–Crippen MR) is 124 cm³/mol. The number of imidazole rings is 1. The molecule has 0 bridgehead atoms. The number of amides is 3. The van der Waals surface area contributed by atoms with Crippen LogP contribution in [0.5, 0.6) is 0 Å². The van der Waals surface area contributed by atoms with E-state index in [9.17, 15) is 14.4 Å². The maximum Gasteiger partial charge on any atom is 0.408 e. The van der Waals surface area contributed by atoms with Crippen LogP contribution in [0.25, 0.3) is 0 Å². The molecular weight excluding hydrogens is 436 g/mol. The molecule has 2 aromatic rings. The zero-order chi connectivity index (χ0) is 24.5. The van der Waals surface area contributed by atoms with Gasteiger partial charge in [0.15, 0.2) is 0 Å². The molecule has 34 heavy (non-hydrogen) atoms. The van der Waals surface area contributed by atoms with Gasteiger partial charge in [0.05, 0.1) is 18.4 Å². The van der Waals surface area contributed by atoms with Crippen LogP contribution in [0.15, 0.2) is 30.7 Å². The third kappa shape index (κ3) is 5.21. The Balaban J connectivity index is 1.40. The van der Waals surface area contributed by atoms with Crippen LogP contribution in [0.4, 0.5) is 9.59 Å². The molecule has 1 saturated heterocycles. The molecule has 0 saturated carbocycles. The summed E-state index contributed by atoms with van der Waals surface area (Å²) >= 11 is 0. The van der Waals surface area contributed by atoms with Crippen molar-refractivity contribution in [3.63, 3.8) is 0 Å². The van der Waals surface area contributed by atoms with Crippen molar-refractivity contribution in [1.82, 2.24) is 29.7 Å². The molecular formula is C24H32N6O4. The van der Waals surface area contributed by atoms with E-state index < -0.39 is 17.7 Å². The van der Waals surface area contributed by atoms with E-state index >= 15 is 0 Å². The summed E-state index contributed by atoms with van der Waals surface area (Å²) in [7, 11) is 0. The van der Waals surface area contributed by atoms with Gasteiger partial charge < -0.3 is 19.9 Å². The number of ether oxygens (including phenoxy) is 1. The van der Waals surface area contributed by atoms with Crippen molar-refractivity contribution in [3.05, 3.63) is 47.8 Å². The van der Waals surface area contributed by atoms with Crippen LogP contribution < -0.4 is 5.32 Å². The number of piperidine rings is 1. The van der Waals surface area contributed by atoms with Crippen LogP contribution in [0.3, 0.4) is 0 Å². The SMILES string of the molecule is Cc1ncc2n1C(=O)N(C1CCN(C(=O)[C@@H](Cc3cccnc3)NC(=O)OC(C)(C)C)CC1)C2. The van der Waals surface area contributed by atoms with Crippen molar-refractivity contribution >= 4 is 18.0 Å². The number of aryl methyl sites for hydroxylation is 1. The van der Waals surface area contributed by atoms with Crippen molar-refractivity contribution in [2.24, 2.45) is 0 Å². The molecule has 4 rings (SSSR count). The average molecular weight is 469 g/mol. The second kappa shape index (κ2) is 9.44. The van der Waals surface area contributed by atoms with Crippen LogP contribution in [-0.2, 0) is 22.5 Å². The van der Waals surface area contributed by atoms with Crippen LogP contribution in [0.2, 0.25) is 0 Å². The summed E-state index contributed by atoms with van der Waals surface area (Å²) in [5.41, 5.74) is 1.08. The maximum atomic E-state index is 13.4. The Morgan fingerprint density at radius 3 is 2.59 bits per heavy atom. The Hall–Kier alpha value is -3.43. The normalized spacial score (nSPS) is 17.5. The Bertz CT molecular complexity index is 1050. The number of likely N-dealkylation sites (tertiary alicyclic amines) is 1. The topological polar surface area (TPSA) is 110 Å². The fraction of sp³-hybridized carbons (Fsp3) is 0.542. The van der Waals surface area contributed by atoms with E-state index in [1.54, 1.807) is 54.9 Å². The number of pyridine rings is 1.